The molecule has 0 bridgehead atoms. The molecule has 0 aromatic heterocycles. The smallest absolute Gasteiger partial charge is 0.369 e. The molecular formula is C17H23F3N2O2. The summed E-state index contributed by atoms with van der Waals surface area (Å²) in [5.74, 6) is -0.164. The summed E-state index contributed by atoms with van der Waals surface area (Å²) in [7, 11) is 1.10. The van der Waals surface area contributed by atoms with Crippen LogP contribution in [0.5, 0.6) is 0 Å². The number of rotatable bonds is 6. The van der Waals surface area contributed by atoms with Gasteiger partial charge in [-0.25, -0.2) is 0 Å². The standard InChI is InChI=1S/C17H23F3N2O2/c1-24-16(17(18,19)20)8-11-22(12-9-16)13-15(23)21-10-7-14-5-3-2-4-6-14/h2-6H,7-13H2,1H3,(H,21,23). The van der Waals surface area contributed by atoms with Crippen LogP contribution in [-0.2, 0) is 16.0 Å². The summed E-state index contributed by atoms with van der Waals surface area (Å²) in [6, 6.07) is 9.77. The molecule has 4 nitrogen and oxygen atoms in total. The molecule has 24 heavy (non-hydrogen) atoms. The molecule has 1 aromatic rings. The number of nitrogens with one attached hydrogen (secondary N) is 1. The van der Waals surface area contributed by atoms with Gasteiger partial charge in [-0.2, -0.15) is 13.2 Å². The molecule has 1 aliphatic heterocycles. The van der Waals surface area contributed by atoms with E-state index in [0.29, 0.717) is 6.54 Å². The maximum Gasteiger partial charge on any atom is 0.417 e. The Hall–Kier alpha value is -1.60. The molecule has 0 atom stereocenters. The Morgan fingerprint density at radius 2 is 1.88 bits per heavy atom. The van der Waals surface area contributed by atoms with E-state index in [1.54, 1.807) is 4.90 Å². The second-order valence-corrected chi connectivity index (χ2v) is 6.06. The zero-order valence-electron chi connectivity index (χ0n) is 13.7. The fraction of sp³-hybridized carbons (Fsp3) is 0.588. The first-order valence-corrected chi connectivity index (χ1v) is 8.01. The monoisotopic (exact) mass is 344 g/mol. The van der Waals surface area contributed by atoms with E-state index in [1.807, 2.05) is 30.3 Å². The van der Waals surface area contributed by atoms with Gasteiger partial charge in [-0.1, -0.05) is 30.3 Å². The Kier molecular flexibility index (Phi) is 6.23. The average Bonchev–Trinajstić information content (AvgIpc) is 2.55. The number of carbonyl (C=O) groups excluding carboxylic acids is 1. The predicted molar refractivity (Wildman–Crippen MR) is 84.6 cm³/mol. The van der Waals surface area contributed by atoms with Crippen LogP contribution in [-0.4, -0.2) is 55.9 Å². The number of methoxy groups -OCH3 is 1. The van der Waals surface area contributed by atoms with Crippen LogP contribution in [0.15, 0.2) is 30.3 Å². The number of carbonyl (C=O) groups is 1. The van der Waals surface area contributed by atoms with Crippen molar-refractivity contribution in [3.05, 3.63) is 35.9 Å². The molecule has 1 aromatic carbocycles. The fourth-order valence-electron chi connectivity index (χ4n) is 2.93. The molecule has 0 radical (unpaired) electrons. The number of ether oxygens (including phenoxy) is 1. The van der Waals surface area contributed by atoms with Gasteiger partial charge in [0.05, 0.1) is 6.54 Å². The topological polar surface area (TPSA) is 41.6 Å². The van der Waals surface area contributed by atoms with E-state index < -0.39 is 11.8 Å². The summed E-state index contributed by atoms with van der Waals surface area (Å²) in [4.78, 5) is 13.7. The number of likely N-dealkylation sites (tertiary alicyclic amines) is 1. The number of piperidine rings is 1. The summed E-state index contributed by atoms with van der Waals surface area (Å²) in [5.41, 5.74) is -0.946. The molecule has 1 aliphatic rings. The molecule has 0 unspecified atom stereocenters. The number of amides is 1. The number of benzene rings is 1. The summed E-state index contributed by atoms with van der Waals surface area (Å²) in [6.45, 7) is 1.02. The summed E-state index contributed by atoms with van der Waals surface area (Å²) in [6.07, 6.45) is -3.95. The van der Waals surface area contributed by atoms with Gasteiger partial charge in [-0.15, -0.1) is 0 Å². The minimum absolute atomic E-state index is 0.118. The van der Waals surface area contributed by atoms with Crippen molar-refractivity contribution in [3.8, 4) is 0 Å². The van der Waals surface area contributed by atoms with Crippen molar-refractivity contribution in [2.75, 3.05) is 33.3 Å². The normalized spacial score (nSPS) is 18.3. The van der Waals surface area contributed by atoms with Crippen LogP contribution in [0.25, 0.3) is 0 Å². The zero-order chi connectivity index (χ0) is 17.6. The molecule has 0 spiro atoms. The van der Waals surface area contributed by atoms with Gasteiger partial charge in [0.15, 0.2) is 5.60 Å². The first-order valence-electron chi connectivity index (χ1n) is 8.01. The molecule has 1 fully saturated rings. The van der Waals surface area contributed by atoms with E-state index in [0.717, 1.165) is 19.1 Å². The molecule has 7 heteroatoms. The molecule has 1 amide bonds. The Morgan fingerprint density at radius 3 is 2.42 bits per heavy atom. The van der Waals surface area contributed by atoms with Crippen molar-refractivity contribution < 1.29 is 22.7 Å². The van der Waals surface area contributed by atoms with Crippen molar-refractivity contribution >= 4 is 5.91 Å². The van der Waals surface area contributed by atoms with E-state index >= 15 is 0 Å². The van der Waals surface area contributed by atoms with Gasteiger partial charge >= 0.3 is 6.18 Å². The Bertz CT molecular complexity index is 526. The van der Waals surface area contributed by atoms with Crippen LogP contribution in [0.3, 0.4) is 0 Å². The van der Waals surface area contributed by atoms with Crippen molar-refractivity contribution in [1.82, 2.24) is 10.2 Å². The summed E-state index contributed by atoms with van der Waals surface area (Å²) >= 11 is 0. The molecule has 134 valence electrons. The van der Waals surface area contributed by atoms with E-state index in [4.69, 9.17) is 4.74 Å². The third kappa shape index (κ3) is 4.70. The van der Waals surface area contributed by atoms with Crippen LogP contribution >= 0.6 is 0 Å². The maximum absolute atomic E-state index is 13.1. The van der Waals surface area contributed by atoms with Gasteiger partial charge in [0.25, 0.3) is 0 Å². The molecular weight excluding hydrogens is 321 g/mol. The van der Waals surface area contributed by atoms with Gasteiger partial charge < -0.3 is 10.1 Å². The number of hydrogen-bond donors (Lipinski definition) is 1. The highest BCUT2D eigenvalue weighted by molar-refractivity contribution is 5.78. The number of nitrogens with zero attached hydrogens (tertiary/aromatic N) is 1. The van der Waals surface area contributed by atoms with E-state index in [2.05, 4.69) is 5.32 Å². The second-order valence-electron chi connectivity index (χ2n) is 6.06. The first-order chi connectivity index (χ1) is 11.4. The minimum atomic E-state index is -4.38. The maximum atomic E-state index is 13.1. The van der Waals surface area contributed by atoms with Crippen molar-refractivity contribution in [3.63, 3.8) is 0 Å². The lowest BCUT2D eigenvalue weighted by Crippen LogP contribution is -2.55. The van der Waals surface area contributed by atoms with Crippen LogP contribution in [0, 0.1) is 0 Å². The SMILES string of the molecule is COC1(C(F)(F)F)CCN(CC(=O)NCCc2ccccc2)CC1. The quantitative estimate of drug-likeness (QED) is 0.862. The number of hydrogen-bond acceptors (Lipinski definition) is 3. The van der Waals surface area contributed by atoms with Gasteiger partial charge in [0.1, 0.15) is 0 Å². The second kappa shape index (κ2) is 7.98. The zero-order valence-corrected chi connectivity index (χ0v) is 13.7. The van der Waals surface area contributed by atoms with E-state index in [1.165, 1.54) is 0 Å². The lowest BCUT2D eigenvalue weighted by molar-refractivity contribution is -0.282. The fourth-order valence-corrected chi connectivity index (χ4v) is 2.93. The lowest BCUT2D eigenvalue weighted by atomic mass is 9.90. The molecule has 1 heterocycles. The van der Waals surface area contributed by atoms with Crippen LogP contribution in [0.2, 0.25) is 0 Å². The van der Waals surface area contributed by atoms with Crippen molar-refractivity contribution in [2.24, 2.45) is 0 Å². The molecule has 1 saturated heterocycles. The van der Waals surface area contributed by atoms with E-state index in [-0.39, 0.29) is 38.4 Å². The largest absolute Gasteiger partial charge is 0.417 e. The highest BCUT2D eigenvalue weighted by Gasteiger charge is 2.56. The Balaban J connectivity index is 1.72. The van der Waals surface area contributed by atoms with Crippen LogP contribution in [0.1, 0.15) is 18.4 Å². The van der Waals surface area contributed by atoms with Gasteiger partial charge in [-0.3, -0.25) is 9.69 Å². The third-order valence-corrected chi connectivity index (χ3v) is 4.52. The van der Waals surface area contributed by atoms with Crippen molar-refractivity contribution in [2.45, 2.75) is 31.0 Å². The predicted octanol–water partition coefficient (Wildman–Crippen LogP) is 2.39. The summed E-state index contributed by atoms with van der Waals surface area (Å²) < 4.78 is 44.0. The minimum Gasteiger partial charge on any atom is -0.369 e. The number of halogens is 3. The summed E-state index contributed by atoms with van der Waals surface area (Å²) in [5, 5.41) is 2.81. The Morgan fingerprint density at radius 1 is 1.25 bits per heavy atom. The van der Waals surface area contributed by atoms with E-state index in [9.17, 15) is 18.0 Å². The van der Waals surface area contributed by atoms with Gasteiger partial charge in [-0.05, 0) is 24.8 Å². The molecule has 1 N–H and O–H groups in total. The van der Waals surface area contributed by atoms with Crippen LogP contribution < -0.4 is 5.32 Å². The molecule has 0 saturated carbocycles. The lowest BCUT2D eigenvalue weighted by Gasteiger charge is -2.41. The average molecular weight is 344 g/mol. The van der Waals surface area contributed by atoms with Crippen molar-refractivity contribution in [1.29, 1.82) is 0 Å². The van der Waals surface area contributed by atoms with Crippen LogP contribution in [0.4, 0.5) is 13.2 Å². The highest BCUT2D eigenvalue weighted by Crippen LogP contribution is 2.40. The molecule has 0 aliphatic carbocycles. The molecule has 2 rings (SSSR count). The highest BCUT2D eigenvalue weighted by atomic mass is 19.4. The van der Waals surface area contributed by atoms with Gasteiger partial charge in [0, 0.05) is 26.7 Å². The first kappa shape index (κ1) is 18.7. The van der Waals surface area contributed by atoms with Gasteiger partial charge in [0.2, 0.25) is 5.91 Å². The Labute approximate surface area is 140 Å². The number of alkyl halides is 3. The third-order valence-electron chi connectivity index (χ3n) is 4.52.